The summed E-state index contributed by atoms with van der Waals surface area (Å²) in [5.74, 6) is 1.31. The smallest absolute Gasteiger partial charge is 0.140 e. The SMILES string of the molecule is CCC1C(=O)C(C)C1c1cccc(Br)c1. The molecule has 3 atom stereocenters. The van der Waals surface area contributed by atoms with E-state index in [2.05, 4.69) is 35.0 Å². The molecule has 1 aromatic carbocycles. The van der Waals surface area contributed by atoms with Gasteiger partial charge < -0.3 is 0 Å². The molecule has 0 aliphatic heterocycles. The van der Waals surface area contributed by atoms with Crippen molar-refractivity contribution in [2.24, 2.45) is 11.8 Å². The van der Waals surface area contributed by atoms with Gasteiger partial charge in [-0.15, -0.1) is 0 Å². The fourth-order valence-corrected chi connectivity index (χ4v) is 3.03. The molecule has 1 saturated carbocycles. The van der Waals surface area contributed by atoms with Crippen LogP contribution in [0.1, 0.15) is 31.7 Å². The van der Waals surface area contributed by atoms with Crippen LogP contribution < -0.4 is 0 Å². The van der Waals surface area contributed by atoms with Crippen molar-refractivity contribution in [3.8, 4) is 0 Å². The van der Waals surface area contributed by atoms with Crippen molar-refractivity contribution in [1.29, 1.82) is 0 Å². The number of carbonyl (C=O) groups is 1. The molecule has 2 rings (SSSR count). The molecule has 0 amide bonds. The van der Waals surface area contributed by atoms with Gasteiger partial charge in [-0.3, -0.25) is 4.79 Å². The molecule has 1 aliphatic rings. The maximum atomic E-state index is 11.6. The summed E-state index contributed by atoms with van der Waals surface area (Å²) in [5.41, 5.74) is 1.29. The van der Waals surface area contributed by atoms with E-state index in [9.17, 15) is 4.79 Å². The topological polar surface area (TPSA) is 17.1 Å². The van der Waals surface area contributed by atoms with Crippen molar-refractivity contribution in [1.82, 2.24) is 0 Å². The van der Waals surface area contributed by atoms with Gasteiger partial charge in [0.05, 0.1) is 0 Å². The van der Waals surface area contributed by atoms with E-state index < -0.39 is 0 Å². The lowest BCUT2D eigenvalue weighted by molar-refractivity contribution is -0.137. The van der Waals surface area contributed by atoms with Crippen LogP contribution in [-0.2, 0) is 4.79 Å². The lowest BCUT2D eigenvalue weighted by Gasteiger charge is -2.41. The monoisotopic (exact) mass is 266 g/mol. The van der Waals surface area contributed by atoms with Crippen LogP contribution in [0.2, 0.25) is 0 Å². The molecule has 1 fully saturated rings. The van der Waals surface area contributed by atoms with Gasteiger partial charge in [0.1, 0.15) is 5.78 Å². The first-order valence-electron chi connectivity index (χ1n) is 5.44. The van der Waals surface area contributed by atoms with Crippen molar-refractivity contribution >= 4 is 21.7 Å². The molecule has 0 bridgehead atoms. The van der Waals surface area contributed by atoms with E-state index in [4.69, 9.17) is 0 Å². The summed E-state index contributed by atoms with van der Waals surface area (Å²) in [4.78, 5) is 11.6. The van der Waals surface area contributed by atoms with Crippen molar-refractivity contribution in [3.63, 3.8) is 0 Å². The molecule has 0 spiro atoms. The third-order valence-electron chi connectivity index (χ3n) is 3.46. The molecule has 2 heteroatoms. The zero-order chi connectivity index (χ0) is 11.0. The van der Waals surface area contributed by atoms with E-state index in [1.165, 1.54) is 5.56 Å². The maximum absolute atomic E-state index is 11.6. The molecular weight excluding hydrogens is 252 g/mol. The van der Waals surface area contributed by atoms with Gasteiger partial charge in [0.2, 0.25) is 0 Å². The maximum Gasteiger partial charge on any atom is 0.140 e. The highest BCUT2D eigenvalue weighted by Gasteiger charge is 2.46. The Morgan fingerprint density at radius 3 is 2.73 bits per heavy atom. The predicted octanol–water partition coefficient (Wildman–Crippen LogP) is 3.78. The van der Waals surface area contributed by atoms with Gasteiger partial charge in [-0.2, -0.15) is 0 Å². The molecular formula is C13H15BrO. The first-order chi connectivity index (χ1) is 7.15. The van der Waals surface area contributed by atoms with Crippen molar-refractivity contribution < 1.29 is 4.79 Å². The number of ketones is 1. The Hall–Kier alpha value is -0.630. The van der Waals surface area contributed by atoms with Crippen LogP contribution >= 0.6 is 15.9 Å². The highest BCUT2D eigenvalue weighted by atomic mass is 79.9. The number of Topliss-reactive ketones (excluding diaryl/α,β-unsaturated/α-hetero) is 1. The van der Waals surface area contributed by atoms with Crippen LogP contribution in [-0.4, -0.2) is 5.78 Å². The first-order valence-corrected chi connectivity index (χ1v) is 6.23. The van der Waals surface area contributed by atoms with Crippen molar-refractivity contribution in [2.75, 3.05) is 0 Å². The summed E-state index contributed by atoms with van der Waals surface area (Å²) in [6.07, 6.45) is 0.959. The summed E-state index contributed by atoms with van der Waals surface area (Å²) in [7, 11) is 0. The van der Waals surface area contributed by atoms with Gasteiger partial charge in [-0.1, -0.05) is 41.9 Å². The Kier molecular flexibility index (Phi) is 2.96. The van der Waals surface area contributed by atoms with Crippen LogP contribution in [0.25, 0.3) is 0 Å². The number of hydrogen-bond donors (Lipinski definition) is 0. The van der Waals surface area contributed by atoms with Crippen molar-refractivity contribution in [2.45, 2.75) is 26.2 Å². The summed E-state index contributed by atoms with van der Waals surface area (Å²) in [6, 6.07) is 8.33. The second kappa shape index (κ2) is 4.09. The summed E-state index contributed by atoms with van der Waals surface area (Å²) in [5, 5.41) is 0. The minimum Gasteiger partial charge on any atom is -0.299 e. The minimum atomic E-state index is 0.198. The molecule has 15 heavy (non-hydrogen) atoms. The number of halogens is 1. The Morgan fingerprint density at radius 1 is 1.40 bits per heavy atom. The lowest BCUT2D eigenvalue weighted by atomic mass is 9.61. The van der Waals surface area contributed by atoms with Crippen LogP contribution in [0, 0.1) is 11.8 Å². The van der Waals surface area contributed by atoms with E-state index in [0.717, 1.165) is 10.9 Å². The van der Waals surface area contributed by atoms with Crippen LogP contribution in [0.3, 0.4) is 0 Å². The number of carbonyl (C=O) groups excluding carboxylic acids is 1. The van der Waals surface area contributed by atoms with Crippen LogP contribution in [0.4, 0.5) is 0 Å². The van der Waals surface area contributed by atoms with Gasteiger partial charge in [0.15, 0.2) is 0 Å². The van der Waals surface area contributed by atoms with E-state index in [1.807, 2.05) is 19.1 Å². The number of benzene rings is 1. The molecule has 0 saturated heterocycles. The van der Waals surface area contributed by atoms with E-state index >= 15 is 0 Å². The van der Waals surface area contributed by atoms with E-state index in [-0.39, 0.29) is 11.8 Å². The van der Waals surface area contributed by atoms with E-state index in [1.54, 1.807) is 0 Å². The molecule has 0 aromatic heterocycles. The first kappa shape index (κ1) is 10.9. The Bertz CT molecular complexity index is 386. The highest BCUT2D eigenvalue weighted by Crippen LogP contribution is 2.46. The van der Waals surface area contributed by atoms with Gasteiger partial charge in [0, 0.05) is 22.2 Å². The van der Waals surface area contributed by atoms with Crippen LogP contribution in [0.15, 0.2) is 28.7 Å². The zero-order valence-corrected chi connectivity index (χ0v) is 10.6. The number of rotatable bonds is 2. The third-order valence-corrected chi connectivity index (χ3v) is 3.95. The Labute approximate surface area is 99.0 Å². The predicted molar refractivity (Wildman–Crippen MR) is 64.8 cm³/mol. The average molecular weight is 267 g/mol. The lowest BCUT2D eigenvalue weighted by Crippen LogP contribution is -2.43. The largest absolute Gasteiger partial charge is 0.299 e. The molecule has 0 radical (unpaired) electrons. The Balaban J connectivity index is 2.28. The van der Waals surface area contributed by atoms with Gasteiger partial charge >= 0.3 is 0 Å². The molecule has 80 valence electrons. The molecule has 0 heterocycles. The molecule has 1 aliphatic carbocycles. The molecule has 0 N–H and O–H groups in total. The van der Waals surface area contributed by atoms with Crippen LogP contribution in [0.5, 0.6) is 0 Å². The van der Waals surface area contributed by atoms with E-state index in [0.29, 0.717) is 11.7 Å². The summed E-state index contributed by atoms with van der Waals surface area (Å²) < 4.78 is 1.10. The summed E-state index contributed by atoms with van der Waals surface area (Å²) >= 11 is 3.48. The third kappa shape index (κ3) is 1.76. The zero-order valence-electron chi connectivity index (χ0n) is 9.03. The number of hydrogen-bond acceptors (Lipinski definition) is 1. The quantitative estimate of drug-likeness (QED) is 0.797. The van der Waals surface area contributed by atoms with Gasteiger partial charge in [0.25, 0.3) is 0 Å². The normalized spacial score (nSPS) is 30.1. The van der Waals surface area contributed by atoms with Gasteiger partial charge in [-0.05, 0) is 24.1 Å². The minimum absolute atomic E-state index is 0.198. The van der Waals surface area contributed by atoms with Gasteiger partial charge in [-0.25, -0.2) is 0 Å². The molecule has 3 unspecified atom stereocenters. The standard InChI is InChI=1S/C13H15BrO/c1-3-11-12(8(2)13(11)15)9-5-4-6-10(14)7-9/h4-8,11-12H,3H2,1-2H3. The fraction of sp³-hybridized carbons (Fsp3) is 0.462. The second-order valence-electron chi connectivity index (χ2n) is 4.29. The Morgan fingerprint density at radius 2 is 2.13 bits per heavy atom. The molecule has 1 aromatic rings. The molecule has 1 nitrogen and oxygen atoms in total. The highest BCUT2D eigenvalue weighted by molar-refractivity contribution is 9.10. The van der Waals surface area contributed by atoms with Crippen molar-refractivity contribution in [3.05, 3.63) is 34.3 Å². The average Bonchev–Trinajstić information content (AvgIpc) is 2.24. The second-order valence-corrected chi connectivity index (χ2v) is 5.20. The summed E-state index contributed by atoms with van der Waals surface area (Å²) in [6.45, 7) is 4.14. The fourth-order valence-electron chi connectivity index (χ4n) is 2.61.